The summed E-state index contributed by atoms with van der Waals surface area (Å²) >= 11 is 1.68. The number of hydrogen-bond donors (Lipinski definition) is 1. The van der Waals surface area contributed by atoms with Crippen LogP contribution in [0.2, 0.25) is 0 Å². The van der Waals surface area contributed by atoms with Crippen LogP contribution in [0.25, 0.3) is 0 Å². The smallest absolute Gasteiger partial charge is 0.321 e. The summed E-state index contributed by atoms with van der Waals surface area (Å²) in [5, 5.41) is 16.6. The molecule has 6 heteroatoms. The van der Waals surface area contributed by atoms with Gasteiger partial charge in [0.15, 0.2) is 0 Å². The van der Waals surface area contributed by atoms with Crippen molar-refractivity contribution in [3.63, 3.8) is 0 Å². The Morgan fingerprint density at radius 1 is 1.33 bits per heavy atom. The summed E-state index contributed by atoms with van der Waals surface area (Å²) in [4.78, 5) is 12.7. The zero-order chi connectivity index (χ0) is 17.4. The van der Waals surface area contributed by atoms with Gasteiger partial charge in [-0.2, -0.15) is 11.8 Å². The number of aliphatic hydroxyl groups is 1. The lowest BCUT2D eigenvalue weighted by Crippen LogP contribution is -2.47. The van der Waals surface area contributed by atoms with Gasteiger partial charge in [-0.25, -0.2) is 0 Å². The van der Waals surface area contributed by atoms with Crippen LogP contribution < -0.4 is 5.01 Å². The van der Waals surface area contributed by atoms with Crippen molar-refractivity contribution in [2.45, 2.75) is 33.3 Å². The number of rotatable bonds is 2. The maximum Gasteiger partial charge on any atom is 0.321 e. The minimum Gasteiger partial charge on any atom is -0.409 e. The molecular weight excluding hydrogens is 324 g/mol. The van der Waals surface area contributed by atoms with Gasteiger partial charge in [0.05, 0.1) is 23.8 Å². The number of hydrazone groups is 1. The molecule has 130 valence electrons. The highest BCUT2D eigenvalue weighted by molar-refractivity contribution is 7.99. The van der Waals surface area contributed by atoms with Crippen LogP contribution in [0.15, 0.2) is 35.4 Å². The van der Waals surface area contributed by atoms with Gasteiger partial charge in [0.25, 0.3) is 0 Å². The Labute approximate surface area is 147 Å². The Bertz CT molecular complexity index is 647. The van der Waals surface area contributed by atoms with Gasteiger partial charge in [0, 0.05) is 5.75 Å². The lowest BCUT2D eigenvalue weighted by Gasteiger charge is -2.35. The molecule has 2 unspecified atom stereocenters. The van der Waals surface area contributed by atoms with Crippen LogP contribution in [0.3, 0.4) is 0 Å². The zero-order valence-corrected chi connectivity index (χ0v) is 15.2. The predicted octanol–water partition coefficient (Wildman–Crippen LogP) is 2.89. The van der Waals surface area contributed by atoms with Crippen molar-refractivity contribution in [3.05, 3.63) is 30.3 Å². The fourth-order valence-corrected chi connectivity index (χ4v) is 4.19. The van der Waals surface area contributed by atoms with E-state index in [0.717, 1.165) is 11.4 Å². The number of aliphatic hydroxyl groups excluding tert-OH is 1. The molecule has 0 saturated carbocycles. The Hall–Kier alpha value is -1.53. The first-order valence-electron chi connectivity index (χ1n) is 8.23. The van der Waals surface area contributed by atoms with E-state index in [1.807, 2.05) is 49.2 Å². The number of esters is 1. The van der Waals surface area contributed by atoms with Crippen molar-refractivity contribution in [2.75, 3.05) is 23.1 Å². The van der Waals surface area contributed by atoms with Crippen LogP contribution in [-0.4, -0.2) is 41.1 Å². The molecule has 0 aliphatic carbocycles. The molecule has 1 saturated heterocycles. The van der Waals surface area contributed by atoms with Crippen LogP contribution in [0.4, 0.5) is 5.69 Å². The monoisotopic (exact) mass is 348 g/mol. The molecule has 0 aromatic heterocycles. The fraction of sp³-hybridized carbons (Fsp3) is 0.556. The van der Waals surface area contributed by atoms with E-state index in [0.29, 0.717) is 24.6 Å². The van der Waals surface area contributed by atoms with Gasteiger partial charge in [-0.1, -0.05) is 18.2 Å². The number of hydrogen-bond acceptors (Lipinski definition) is 6. The second-order valence-corrected chi connectivity index (χ2v) is 8.45. The maximum absolute atomic E-state index is 12.7. The summed E-state index contributed by atoms with van der Waals surface area (Å²) in [7, 11) is 0. The molecule has 2 aliphatic heterocycles. The Morgan fingerprint density at radius 3 is 2.71 bits per heavy atom. The maximum atomic E-state index is 12.7. The number of ether oxygens (including phenoxy) is 1. The molecule has 0 spiro atoms. The summed E-state index contributed by atoms with van der Waals surface area (Å²) < 4.78 is 5.69. The molecule has 3 rings (SSSR count). The molecule has 0 amide bonds. The summed E-state index contributed by atoms with van der Waals surface area (Å²) in [5.41, 5.74) is -0.271. The van der Waals surface area contributed by atoms with Crippen molar-refractivity contribution in [1.82, 2.24) is 0 Å². The standard InChI is InChI=1S/C18H24N2O3S/c1-17(2)11-20(13-7-5-4-6-8-13)19-15(17)23-16(22)18(3)12-24-10-9-14(18)21/h4-8,14,21H,9-12H2,1-3H3. The third-order valence-electron chi connectivity index (χ3n) is 4.72. The van der Waals surface area contributed by atoms with Crippen LogP contribution in [0.1, 0.15) is 27.2 Å². The first-order valence-corrected chi connectivity index (χ1v) is 9.38. The molecule has 1 aromatic carbocycles. The number of anilines is 1. The average Bonchev–Trinajstić information content (AvgIpc) is 2.86. The number of thioether (sulfide) groups is 1. The van der Waals surface area contributed by atoms with Gasteiger partial charge in [-0.15, -0.1) is 5.10 Å². The molecule has 24 heavy (non-hydrogen) atoms. The molecule has 0 bridgehead atoms. The highest BCUT2D eigenvalue weighted by Crippen LogP contribution is 2.37. The molecule has 1 fully saturated rings. The zero-order valence-electron chi connectivity index (χ0n) is 14.4. The molecule has 5 nitrogen and oxygen atoms in total. The van der Waals surface area contributed by atoms with Crippen molar-refractivity contribution in [1.29, 1.82) is 0 Å². The Kier molecular flexibility index (Phi) is 4.62. The van der Waals surface area contributed by atoms with Crippen molar-refractivity contribution in [3.8, 4) is 0 Å². The van der Waals surface area contributed by atoms with Gasteiger partial charge in [0.2, 0.25) is 5.90 Å². The number of benzene rings is 1. The second-order valence-electron chi connectivity index (χ2n) is 7.35. The van der Waals surface area contributed by atoms with E-state index in [1.54, 1.807) is 18.7 Å². The number of carbonyl (C=O) groups excluding carboxylic acids is 1. The lowest BCUT2D eigenvalue weighted by molar-refractivity contribution is -0.152. The van der Waals surface area contributed by atoms with Gasteiger partial charge in [-0.05, 0) is 45.1 Å². The number of nitrogens with zero attached hydrogens (tertiary/aromatic N) is 2. The van der Waals surface area contributed by atoms with Crippen molar-refractivity contribution >= 4 is 29.3 Å². The predicted molar refractivity (Wildman–Crippen MR) is 97.2 cm³/mol. The van der Waals surface area contributed by atoms with E-state index in [1.165, 1.54) is 0 Å². The summed E-state index contributed by atoms with van der Waals surface area (Å²) in [5.74, 6) is 1.48. The number of carbonyl (C=O) groups is 1. The van der Waals surface area contributed by atoms with E-state index >= 15 is 0 Å². The quantitative estimate of drug-likeness (QED) is 0.833. The average molecular weight is 348 g/mol. The van der Waals surface area contributed by atoms with E-state index in [4.69, 9.17) is 4.74 Å². The van der Waals surface area contributed by atoms with Crippen molar-refractivity contribution in [2.24, 2.45) is 15.9 Å². The van der Waals surface area contributed by atoms with Crippen LogP contribution >= 0.6 is 11.8 Å². The van der Waals surface area contributed by atoms with E-state index < -0.39 is 11.5 Å². The van der Waals surface area contributed by atoms with Gasteiger partial charge in [0.1, 0.15) is 5.41 Å². The highest BCUT2D eigenvalue weighted by atomic mass is 32.2. The third kappa shape index (κ3) is 3.17. The van der Waals surface area contributed by atoms with E-state index in [-0.39, 0.29) is 11.4 Å². The van der Waals surface area contributed by atoms with E-state index in [9.17, 15) is 9.90 Å². The largest absolute Gasteiger partial charge is 0.409 e. The van der Waals surface area contributed by atoms with Gasteiger partial charge < -0.3 is 9.84 Å². The SMILES string of the molecule is CC1(C)CN(c2ccccc2)N=C1OC(=O)C1(C)CSCCC1O. The normalized spacial score (nSPS) is 29.2. The molecule has 0 radical (unpaired) electrons. The van der Waals surface area contributed by atoms with Gasteiger partial charge >= 0.3 is 5.97 Å². The fourth-order valence-electron chi connectivity index (χ4n) is 2.92. The topological polar surface area (TPSA) is 62.1 Å². The lowest BCUT2D eigenvalue weighted by atomic mass is 9.84. The van der Waals surface area contributed by atoms with Crippen LogP contribution in [0.5, 0.6) is 0 Å². The molecule has 2 atom stereocenters. The van der Waals surface area contributed by atoms with Crippen molar-refractivity contribution < 1.29 is 14.6 Å². The number of para-hydroxylation sites is 1. The van der Waals surface area contributed by atoms with Crippen LogP contribution in [-0.2, 0) is 9.53 Å². The highest BCUT2D eigenvalue weighted by Gasteiger charge is 2.47. The molecular formula is C18H24N2O3S. The summed E-state index contributed by atoms with van der Waals surface area (Å²) in [6.45, 7) is 6.45. The van der Waals surface area contributed by atoms with Crippen LogP contribution in [0, 0.1) is 10.8 Å². The van der Waals surface area contributed by atoms with Gasteiger partial charge in [-0.3, -0.25) is 9.80 Å². The molecule has 2 aliphatic rings. The summed E-state index contributed by atoms with van der Waals surface area (Å²) in [6, 6.07) is 9.83. The molecule has 1 N–H and O–H groups in total. The molecule has 1 aromatic rings. The Morgan fingerprint density at radius 2 is 2.04 bits per heavy atom. The third-order valence-corrected chi connectivity index (χ3v) is 6.05. The minimum atomic E-state index is -0.873. The molecule has 2 heterocycles. The summed E-state index contributed by atoms with van der Waals surface area (Å²) in [6.07, 6.45) is -0.0518. The Balaban J connectivity index is 1.79. The second kappa shape index (κ2) is 6.41. The van der Waals surface area contributed by atoms with E-state index in [2.05, 4.69) is 5.10 Å². The minimum absolute atomic E-state index is 0.366. The first-order chi connectivity index (χ1) is 11.3. The first kappa shape index (κ1) is 17.3.